The van der Waals surface area contributed by atoms with Crippen LogP contribution in [0.4, 0.5) is 0 Å². The average molecular weight is 206 g/mol. The first kappa shape index (κ1) is 12.2. The molecule has 1 atom stereocenters. The highest BCUT2D eigenvalue weighted by Gasteiger charge is 1.99. The molecule has 0 saturated heterocycles. The normalized spacial score (nSPS) is 12.7. The van der Waals surface area contributed by atoms with Crippen molar-refractivity contribution in [2.75, 3.05) is 13.1 Å². The fourth-order valence-corrected chi connectivity index (χ4v) is 1.71. The third kappa shape index (κ3) is 5.53. The van der Waals surface area contributed by atoms with Crippen LogP contribution in [0.2, 0.25) is 0 Å². The second-order valence-electron chi connectivity index (χ2n) is 4.17. The highest BCUT2D eigenvalue weighted by Crippen LogP contribution is 2.02. The Morgan fingerprint density at radius 1 is 1.40 bits per heavy atom. The van der Waals surface area contributed by atoms with Crippen molar-refractivity contribution in [2.24, 2.45) is 5.92 Å². The van der Waals surface area contributed by atoms with Crippen molar-refractivity contribution < 1.29 is 0 Å². The molecule has 2 heteroatoms. The van der Waals surface area contributed by atoms with E-state index in [1.165, 1.54) is 18.5 Å². The quantitative estimate of drug-likeness (QED) is 0.694. The van der Waals surface area contributed by atoms with Crippen molar-refractivity contribution in [2.45, 2.75) is 33.1 Å². The van der Waals surface area contributed by atoms with Gasteiger partial charge in [-0.05, 0) is 31.0 Å². The van der Waals surface area contributed by atoms with Gasteiger partial charge in [0, 0.05) is 24.9 Å². The molecule has 0 radical (unpaired) electrons. The fraction of sp³-hybridized carbons (Fsp3) is 0.615. The van der Waals surface area contributed by atoms with E-state index in [1.54, 1.807) is 0 Å². The van der Waals surface area contributed by atoms with E-state index in [4.69, 9.17) is 0 Å². The van der Waals surface area contributed by atoms with Gasteiger partial charge in [0.15, 0.2) is 0 Å². The van der Waals surface area contributed by atoms with E-state index >= 15 is 0 Å². The summed E-state index contributed by atoms with van der Waals surface area (Å²) in [6, 6.07) is 6.08. The van der Waals surface area contributed by atoms with Crippen molar-refractivity contribution in [3.05, 3.63) is 30.1 Å². The summed E-state index contributed by atoms with van der Waals surface area (Å²) in [7, 11) is 0. The van der Waals surface area contributed by atoms with Crippen LogP contribution in [0.15, 0.2) is 24.4 Å². The molecule has 1 N–H and O–H groups in total. The molecular formula is C13H22N2. The first-order valence-corrected chi connectivity index (χ1v) is 5.93. The number of aromatic nitrogens is 1. The maximum atomic E-state index is 4.29. The maximum absolute atomic E-state index is 4.29. The van der Waals surface area contributed by atoms with Gasteiger partial charge in [-0.25, -0.2) is 0 Å². The highest BCUT2D eigenvalue weighted by molar-refractivity contribution is 5.03. The second kappa shape index (κ2) is 7.41. The van der Waals surface area contributed by atoms with Crippen molar-refractivity contribution in [1.29, 1.82) is 0 Å². The predicted octanol–water partition coefficient (Wildman–Crippen LogP) is 2.65. The summed E-state index contributed by atoms with van der Waals surface area (Å²) in [5.41, 5.74) is 1.17. The van der Waals surface area contributed by atoms with Gasteiger partial charge in [-0.2, -0.15) is 0 Å². The van der Waals surface area contributed by atoms with Gasteiger partial charge in [-0.15, -0.1) is 0 Å². The number of nitrogens with zero attached hydrogens (tertiary/aromatic N) is 1. The average Bonchev–Trinajstić information content (AvgIpc) is 2.26. The standard InChI is InChI=1S/C13H22N2/c1-3-6-12(2)11-14-10-8-13-7-4-5-9-15-13/h4-5,7,9,12,14H,3,6,8,10-11H2,1-2H3. The Morgan fingerprint density at radius 2 is 2.27 bits per heavy atom. The van der Waals surface area contributed by atoms with Crippen LogP contribution in [-0.2, 0) is 6.42 Å². The molecule has 0 amide bonds. The Balaban J connectivity index is 2.07. The monoisotopic (exact) mass is 206 g/mol. The summed E-state index contributed by atoms with van der Waals surface area (Å²) >= 11 is 0. The molecule has 1 unspecified atom stereocenters. The lowest BCUT2D eigenvalue weighted by Gasteiger charge is -2.10. The van der Waals surface area contributed by atoms with Gasteiger partial charge in [-0.1, -0.05) is 26.3 Å². The summed E-state index contributed by atoms with van der Waals surface area (Å²) in [4.78, 5) is 4.29. The summed E-state index contributed by atoms with van der Waals surface area (Å²) in [6.07, 6.45) is 5.48. The molecule has 0 spiro atoms. The zero-order chi connectivity index (χ0) is 10.9. The van der Waals surface area contributed by atoms with E-state index in [2.05, 4.69) is 30.2 Å². The largest absolute Gasteiger partial charge is 0.316 e. The molecule has 1 aromatic heterocycles. The van der Waals surface area contributed by atoms with Crippen LogP contribution in [0.1, 0.15) is 32.4 Å². The zero-order valence-corrected chi connectivity index (χ0v) is 9.87. The molecule has 1 rings (SSSR count). The molecule has 0 saturated carbocycles. The van der Waals surface area contributed by atoms with Gasteiger partial charge in [0.2, 0.25) is 0 Å². The lowest BCUT2D eigenvalue weighted by molar-refractivity contribution is 0.477. The Labute approximate surface area is 93.1 Å². The van der Waals surface area contributed by atoms with Crippen LogP contribution < -0.4 is 5.32 Å². The van der Waals surface area contributed by atoms with E-state index in [-0.39, 0.29) is 0 Å². The second-order valence-corrected chi connectivity index (χ2v) is 4.17. The van der Waals surface area contributed by atoms with Crippen LogP contribution >= 0.6 is 0 Å². The summed E-state index contributed by atoms with van der Waals surface area (Å²) < 4.78 is 0. The van der Waals surface area contributed by atoms with Crippen molar-refractivity contribution in [1.82, 2.24) is 10.3 Å². The Bertz CT molecular complexity index is 246. The molecule has 1 heterocycles. The summed E-state index contributed by atoms with van der Waals surface area (Å²) in [5, 5.41) is 3.48. The van der Waals surface area contributed by atoms with Crippen LogP contribution in [-0.4, -0.2) is 18.1 Å². The summed E-state index contributed by atoms with van der Waals surface area (Å²) in [6.45, 7) is 6.70. The molecule has 15 heavy (non-hydrogen) atoms. The Kier molecular flexibility index (Phi) is 6.02. The molecule has 0 aliphatic rings. The lowest BCUT2D eigenvalue weighted by Crippen LogP contribution is -2.23. The topological polar surface area (TPSA) is 24.9 Å². The van der Waals surface area contributed by atoms with Crippen LogP contribution in [0.25, 0.3) is 0 Å². The fourth-order valence-electron chi connectivity index (χ4n) is 1.71. The number of nitrogens with one attached hydrogen (secondary N) is 1. The number of rotatable bonds is 7. The van der Waals surface area contributed by atoms with Crippen LogP contribution in [0.3, 0.4) is 0 Å². The first-order chi connectivity index (χ1) is 7.33. The van der Waals surface area contributed by atoms with Gasteiger partial charge in [0.25, 0.3) is 0 Å². The molecule has 0 aliphatic heterocycles. The van der Waals surface area contributed by atoms with Crippen molar-refractivity contribution in [3.63, 3.8) is 0 Å². The minimum Gasteiger partial charge on any atom is -0.316 e. The Hall–Kier alpha value is -0.890. The molecule has 0 bridgehead atoms. The van der Waals surface area contributed by atoms with Crippen LogP contribution in [0.5, 0.6) is 0 Å². The molecule has 0 fully saturated rings. The van der Waals surface area contributed by atoms with E-state index in [0.29, 0.717) is 0 Å². The van der Waals surface area contributed by atoms with Gasteiger partial charge < -0.3 is 5.32 Å². The van der Waals surface area contributed by atoms with Crippen molar-refractivity contribution in [3.8, 4) is 0 Å². The molecule has 0 aliphatic carbocycles. The summed E-state index contributed by atoms with van der Waals surface area (Å²) in [5.74, 6) is 0.790. The molecule has 2 nitrogen and oxygen atoms in total. The van der Waals surface area contributed by atoms with Gasteiger partial charge in [0.1, 0.15) is 0 Å². The first-order valence-electron chi connectivity index (χ1n) is 5.93. The third-order valence-electron chi connectivity index (χ3n) is 2.56. The smallest absolute Gasteiger partial charge is 0.0416 e. The molecular weight excluding hydrogens is 184 g/mol. The number of hydrogen-bond donors (Lipinski definition) is 1. The Morgan fingerprint density at radius 3 is 2.93 bits per heavy atom. The maximum Gasteiger partial charge on any atom is 0.0416 e. The van der Waals surface area contributed by atoms with Gasteiger partial charge in [-0.3, -0.25) is 4.98 Å². The van der Waals surface area contributed by atoms with E-state index in [0.717, 1.165) is 25.4 Å². The van der Waals surface area contributed by atoms with E-state index in [9.17, 15) is 0 Å². The van der Waals surface area contributed by atoms with Crippen LogP contribution in [0, 0.1) is 5.92 Å². The molecule has 84 valence electrons. The molecule has 1 aromatic rings. The third-order valence-corrected chi connectivity index (χ3v) is 2.56. The van der Waals surface area contributed by atoms with E-state index in [1.807, 2.05) is 18.3 Å². The lowest BCUT2D eigenvalue weighted by atomic mass is 10.1. The predicted molar refractivity (Wildman–Crippen MR) is 64.9 cm³/mol. The van der Waals surface area contributed by atoms with E-state index < -0.39 is 0 Å². The number of hydrogen-bond acceptors (Lipinski definition) is 2. The van der Waals surface area contributed by atoms with Gasteiger partial charge >= 0.3 is 0 Å². The van der Waals surface area contributed by atoms with Gasteiger partial charge in [0.05, 0.1) is 0 Å². The zero-order valence-electron chi connectivity index (χ0n) is 9.87. The SMILES string of the molecule is CCCC(C)CNCCc1ccccn1. The number of pyridine rings is 1. The molecule has 0 aromatic carbocycles. The minimum atomic E-state index is 0.790. The van der Waals surface area contributed by atoms with Crippen molar-refractivity contribution >= 4 is 0 Å². The highest BCUT2D eigenvalue weighted by atomic mass is 14.9. The minimum absolute atomic E-state index is 0.790.